The highest BCUT2D eigenvalue weighted by Gasteiger charge is 2.31. The van der Waals surface area contributed by atoms with E-state index >= 15 is 0 Å². The lowest BCUT2D eigenvalue weighted by molar-refractivity contribution is 0.0829. The molecule has 2 heterocycles. The summed E-state index contributed by atoms with van der Waals surface area (Å²) >= 11 is 0. The van der Waals surface area contributed by atoms with E-state index in [2.05, 4.69) is 23.6 Å². The summed E-state index contributed by atoms with van der Waals surface area (Å²) in [6.07, 6.45) is 0. The maximum atomic E-state index is 13.1. The number of sulfone groups is 1. The van der Waals surface area contributed by atoms with E-state index in [0.29, 0.717) is 29.0 Å². The molecule has 2 aromatic rings. The molecule has 0 spiro atoms. The van der Waals surface area contributed by atoms with Gasteiger partial charge in [0.2, 0.25) is 9.84 Å². The van der Waals surface area contributed by atoms with Crippen LogP contribution in [0.1, 0.15) is 36.6 Å². The van der Waals surface area contributed by atoms with Gasteiger partial charge in [-0.3, -0.25) is 4.90 Å². The lowest BCUT2D eigenvalue weighted by atomic mass is 9.83. The number of rotatable bonds is 5. The molecule has 0 amide bonds. The molecule has 2 atom stereocenters. The Bertz CT molecular complexity index is 1010. The average Bonchev–Trinajstić information content (AvgIpc) is 3.21. The molecule has 8 heteroatoms. The van der Waals surface area contributed by atoms with E-state index in [1.165, 1.54) is 0 Å². The SMILES string of the molecule is CB(O)N1CCN([C@@H](C)c2ccc(S(=O)(=O)c3ccc4c(c3)COC4)cc2)[C@@H](C)C1. The van der Waals surface area contributed by atoms with Crippen LogP contribution in [0.2, 0.25) is 6.82 Å². The zero-order valence-corrected chi connectivity index (χ0v) is 18.6. The standard InChI is InChI=1S/C22H29BN2O4S/c1-16-13-24(23(3)26)10-11-25(16)17(2)18-4-7-21(8-5-18)30(27,28)22-9-6-19-14-29-15-20(19)12-22/h4-9,12,16-17,26H,10-11,13-15H2,1-3H3/t16-,17-/m0/s1. The van der Waals surface area contributed by atoms with Gasteiger partial charge in [0.15, 0.2) is 0 Å². The van der Waals surface area contributed by atoms with Crippen LogP contribution in [-0.4, -0.2) is 55.9 Å². The lowest BCUT2D eigenvalue weighted by Crippen LogP contribution is -2.56. The minimum absolute atomic E-state index is 0.171. The van der Waals surface area contributed by atoms with Crippen LogP contribution in [0, 0.1) is 0 Å². The smallest absolute Gasteiger partial charge is 0.376 e. The number of ether oxygens (including phenoxy) is 1. The molecule has 0 radical (unpaired) electrons. The first-order valence-electron chi connectivity index (χ1n) is 10.5. The van der Waals surface area contributed by atoms with Crippen molar-refractivity contribution in [1.29, 1.82) is 0 Å². The Morgan fingerprint density at radius 3 is 2.40 bits per heavy atom. The second kappa shape index (κ2) is 8.44. The molecule has 160 valence electrons. The van der Waals surface area contributed by atoms with Gasteiger partial charge < -0.3 is 14.6 Å². The van der Waals surface area contributed by atoms with E-state index in [9.17, 15) is 13.4 Å². The van der Waals surface area contributed by atoms with E-state index in [-0.39, 0.29) is 6.04 Å². The van der Waals surface area contributed by atoms with Gasteiger partial charge >= 0.3 is 7.05 Å². The van der Waals surface area contributed by atoms with Crippen molar-refractivity contribution in [2.45, 2.75) is 55.8 Å². The lowest BCUT2D eigenvalue weighted by Gasteiger charge is -2.43. The summed E-state index contributed by atoms with van der Waals surface area (Å²) < 4.78 is 31.6. The van der Waals surface area contributed by atoms with Crippen molar-refractivity contribution in [1.82, 2.24) is 9.71 Å². The number of benzene rings is 2. The zero-order valence-electron chi connectivity index (χ0n) is 17.8. The Labute approximate surface area is 179 Å². The van der Waals surface area contributed by atoms with Crippen LogP contribution in [0.25, 0.3) is 0 Å². The number of hydrogen-bond acceptors (Lipinski definition) is 6. The quantitative estimate of drug-likeness (QED) is 0.739. The molecule has 1 N–H and O–H groups in total. The molecular formula is C22H29BN2O4S. The van der Waals surface area contributed by atoms with E-state index in [0.717, 1.165) is 36.3 Å². The van der Waals surface area contributed by atoms with Gasteiger partial charge in [-0.2, -0.15) is 0 Å². The summed E-state index contributed by atoms with van der Waals surface area (Å²) in [7, 11) is -3.99. The Morgan fingerprint density at radius 1 is 1.07 bits per heavy atom. The van der Waals surface area contributed by atoms with Gasteiger partial charge in [-0.05, 0) is 61.6 Å². The van der Waals surface area contributed by atoms with Crippen LogP contribution in [0.15, 0.2) is 52.3 Å². The molecule has 30 heavy (non-hydrogen) atoms. The minimum Gasteiger partial charge on any atom is -0.437 e. The monoisotopic (exact) mass is 428 g/mol. The second-order valence-electron chi connectivity index (χ2n) is 8.39. The van der Waals surface area contributed by atoms with Crippen LogP contribution in [-0.2, 0) is 27.8 Å². The van der Waals surface area contributed by atoms with E-state index in [1.807, 2.05) is 18.2 Å². The number of hydrogen-bond donors (Lipinski definition) is 1. The number of fused-ring (bicyclic) bond motifs is 1. The highest BCUT2D eigenvalue weighted by atomic mass is 32.2. The van der Waals surface area contributed by atoms with Crippen molar-refractivity contribution in [3.8, 4) is 0 Å². The van der Waals surface area contributed by atoms with E-state index < -0.39 is 16.9 Å². The molecule has 2 aromatic carbocycles. The normalized spacial score (nSPS) is 21.4. The molecule has 2 aliphatic heterocycles. The van der Waals surface area contributed by atoms with Crippen LogP contribution >= 0.6 is 0 Å². The van der Waals surface area contributed by atoms with Crippen LogP contribution in [0.4, 0.5) is 0 Å². The predicted molar refractivity (Wildman–Crippen MR) is 117 cm³/mol. The van der Waals surface area contributed by atoms with Crippen molar-refractivity contribution in [3.63, 3.8) is 0 Å². The number of piperazine rings is 1. The predicted octanol–water partition coefficient (Wildman–Crippen LogP) is 2.73. The third-order valence-corrected chi connectivity index (χ3v) is 8.18. The van der Waals surface area contributed by atoms with Gasteiger partial charge in [0, 0.05) is 31.7 Å². The van der Waals surface area contributed by atoms with E-state index in [4.69, 9.17) is 4.74 Å². The Kier molecular flexibility index (Phi) is 6.05. The molecule has 1 saturated heterocycles. The first kappa shape index (κ1) is 21.5. The third-order valence-electron chi connectivity index (χ3n) is 6.41. The summed E-state index contributed by atoms with van der Waals surface area (Å²) in [5.74, 6) is 0. The van der Waals surface area contributed by atoms with Crippen molar-refractivity contribution in [2.75, 3.05) is 19.6 Å². The highest BCUT2D eigenvalue weighted by molar-refractivity contribution is 7.91. The molecule has 0 unspecified atom stereocenters. The van der Waals surface area contributed by atoms with Crippen molar-refractivity contribution in [2.24, 2.45) is 0 Å². The van der Waals surface area contributed by atoms with Crippen LogP contribution < -0.4 is 0 Å². The molecule has 0 bridgehead atoms. The molecule has 0 saturated carbocycles. The molecule has 6 nitrogen and oxygen atoms in total. The van der Waals surface area contributed by atoms with Gasteiger partial charge in [0.05, 0.1) is 23.0 Å². The first-order chi connectivity index (χ1) is 14.3. The second-order valence-corrected chi connectivity index (χ2v) is 10.3. The summed E-state index contributed by atoms with van der Waals surface area (Å²) in [6, 6.07) is 13.0. The van der Waals surface area contributed by atoms with Gasteiger partial charge in [-0.25, -0.2) is 8.42 Å². The maximum absolute atomic E-state index is 13.1. The van der Waals surface area contributed by atoms with Gasteiger partial charge in [-0.15, -0.1) is 0 Å². The van der Waals surface area contributed by atoms with Crippen molar-refractivity contribution in [3.05, 3.63) is 59.2 Å². The summed E-state index contributed by atoms with van der Waals surface area (Å²) in [5.41, 5.74) is 3.10. The Morgan fingerprint density at radius 2 is 1.73 bits per heavy atom. The van der Waals surface area contributed by atoms with Crippen LogP contribution in [0.3, 0.4) is 0 Å². The minimum atomic E-state index is -3.56. The summed E-state index contributed by atoms with van der Waals surface area (Å²) in [6.45, 7) is 9.64. The molecule has 2 aliphatic rings. The van der Waals surface area contributed by atoms with Crippen LogP contribution in [0.5, 0.6) is 0 Å². The third kappa shape index (κ3) is 4.07. The summed E-state index contributed by atoms with van der Waals surface area (Å²) in [5, 5.41) is 9.83. The highest BCUT2D eigenvalue weighted by Crippen LogP contribution is 2.29. The average molecular weight is 428 g/mol. The maximum Gasteiger partial charge on any atom is 0.376 e. The largest absolute Gasteiger partial charge is 0.437 e. The van der Waals surface area contributed by atoms with Gasteiger partial charge in [-0.1, -0.05) is 18.2 Å². The molecule has 4 rings (SSSR count). The number of nitrogens with zero attached hydrogens (tertiary/aromatic N) is 2. The molecule has 1 fully saturated rings. The molecule has 0 aromatic heterocycles. The van der Waals surface area contributed by atoms with E-state index in [1.54, 1.807) is 31.1 Å². The van der Waals surface area contributed by atoms with Gasteiger partial charge in [0.25, 0.3) is 0 Å². The Balaban J connectivity index is 1.51. The Hall–Kier alpha value is -1.71. The van der Waals surface area contributed by atoms with Crippen molar-refractivity contribution >= 4 is 16.9 Å². The first-order valence-corrected chi connectivity index (χ1v) is 12.0. The zero-order chi connectivity index (χ0) is 21.5. The van der Waals surface area contributed by atoms with Crippen molar-refractivity contribution < 1.29 is 18.2 Å². The molecule has 0 aliphatic carbocycles. The van der Waals surface area contributed by atoms with Gasteiger partial charge in [0.1, 0.15) is 0 Å². The molecular weight excluding hydrogens is 399 g/mol. The topological polar surface area (TPSA) is 70.1 Å². The summed E-state index contributed by atoms with van der Waals surface area (Å²) in [4.78, 5) is 5.10. The fraction of sp³-hybridized carbons (Fsp3) is 0.455. The fourth-order valence-electron chi connectivity index (χ4n) is 4.48. The fourth-order valence-corrected chi connectivity index (χ4v) is 5.79.